The molecule has 0 amide bonds. The zero-order valence-corrected chi connectivity index (χ0v) is 11.4. The molecule has 0 aliphatic rings. The van der Waals surface area contributed by atoms with E-state index in [4.69, 9.17) is 5.73 Å². The molecule has 18 heavy (non-hydrogen) atoms. The van der Waals surface area contributed by atoms with Gasteiger partial charge in [0.25, 0.3) is 0 Å². The smallest absolute Gasteiger partial charge is 0.123 e. The second-order valence-electron chi connectivity index (χ2n) is 4.44. The van der Waals surface area contributed by atoms with Crippen molar-refractivity contribution in [3.05, 3.63) is 51.2 Å². The number of rotatable bonds is 4. The number of aromatic nitrogens is 1. The van der Waals surface area contributed by atoms with Gasteiger partial charge in [0.05, 0.1) is 10.7 Å². The summed E-state index contributed by atoms with van der Waals surface area (Å²) >= 11 is 1.70. The molecule has 0 aliphatic carbocycles. The third-order valence-corrected chi connectivity index (χ3v) is 4.19. The molecule has 1 aromatic heterocycles. The van der Waals surface area contributed by atoms with Gasteiger partial charge in [-0.1, -0.05) is 12.1 Å². The van der Waals surface area contributed by atoms with Crippen molar-refractivity contribution in [1.82, 2.24) is 4.98 Å². The number of hydrogen-bond acceptors (Lipinski definition) is 3. The minimum atomic E-state index is -0.211. The van der Waals surface area contributed by atoms with E-state index in [-0.39, 0.29) is 11.7 Å². The number of thiazole rings is 1. The molecule has 1 heterocycles. The van der Waals surface area contributed by atoms with Crippen LogP contribution in [0.4, 0.5) is 4.39 Å². The van der Waals surface area contributed by atoms with Crippen molar-refractivity contribution in [2.24, 2.45) is 5.73 Å². The lowest BCUT2D eigenvalue weighted by atomic mass is 9.96. The highest BCUT2D eigenvalue weighted by Gasteiger charge is 2.14. The Labute approximate surface area is 111 Å². The fraction of sp³-hybridized carbons (Fsp3) is 0.357. The summed E-state index contributed by atoms with van der Waals surface area (Å²) in [6, 6.07) is 6.67. The van der Waals surface area contributed by atoms with Crippen LogP contribution in [0.1, 0.15) is 27.1 Å². The average molecular weight is 264 g/mol. The van der Waals surface area contributed by atoms with Crippen molar-refractivity contribution in [2.45, 2.75) is 26.2 Å². The molecule has 1 aromatic carbocycles. The van der Waals surface area contributed by atoms with Gasteiger partial charge in [0.2, 0.25) is 0 Å². The predicted octanol–water partition coefficient (Wildman–Crippen LogP) is 3.18. The lowest BCUT2D eigenvalue weighted by Gasteiger charge is -2.13. The normalized spacial score (nSPS) is 12.7. The van der Waals surface area contributed by atoms with Crippen LogP contribution in [0.3, 0.4) is 0 Å². The van der Waals surface area contributed by atoms with Crippen LogP contribution >= 0.6 is 11.3 Å². The van der Waals surface area contributed by atoms with Gasteiger partial charge in [-0.15, -0.1) is 11.3 Å². The Kier molecular flexibility index (Phi) is 4.09. The van der Waals surface area contributed by atoms with Crippen molar-refractivity contribution < 1.29 is 4.39 Å². The third-order valence-electron chi connectivity index (χ3n) is 3.10. The lowest BCUT2D eigenvalue weighted by Crippen LogP contribution is -2.15. The molecule has 0 bridgehead atoms. The summed E-state index contributed by atoms with van der Waals surface area (Å²) < 4.78 is 13.2. The molecule has 2 nitrogen and oxygen atoms in total. The molecular weight excluding hydrogens is 247 g/mol. The molecule has 2 N–H and O–H groups in total. The minimum Gasteiger partial charge on any atom is -0.330 e. The van der Waals surface area contributed by atoms with Crippen LogP contribution in [0.2, 0.25) is 0 Å². The summed E-state index contributed by atoms with van der Waals surface area (Å²) in [6.45, 7) is 4.58. The maximum Gasteiger partial charge on any atom is 0.123 e. The van der Waals surface area contributed by atoms with Gasteiger partial charge < -0.3 is 5.73 Å². The lowest BCUT2D eigenvalue weighted by molar-refractivity contribution is 0.616. The molecule has 4 heteroatoms. The Morgan fingerprint density at radius 1 is 1.39 bits per heavy atom. The van der Waals surface area contributed by atoms with Gasteiger partial charge in [-0.2, -0.15) is 0 Å². The number of halogens is 1. The van der Waals surface area contributed by atoms with Gasteiger partial charge in [-0.25, -0.2) is 9.37 Å². The van der Waals surface area contributed by atoms with Crippen LogP contribution in [0.25, 0.3) is 0 Å². The molecule has 96 valence electrons. The van der Waals surface area contributed by atoms with Crippen molar-refractivity contribution in [2.75, 3.05) is 6.54 Å². The molecule has 0 saturated carbocycles. The van der Waals surface area contributed by atoms with Gasteiger partial charge in [0.15, 0.2) is 0 Å². The van der Waals surface area contributed by atoms with E-state index in [0.29, 0.717) is 6.54 Å². The van der Waals surface area contributed by atoms with Gasteiger partial charge in [0.1, 0.15) is 5.82 Å². The van der Waals surface area contributed by atoms with E-state index in [9.17, 15) is 4.39 Å². The summed E-state index contributed by atoms with van der Waals surface area (Å²) in [6.07, 6.45) is 0.777. The van der Waals surface area contributed by atoms with Crippen LogP contribution in [-0.4, -0.2) is 11.5 Å². The maximum atomic E-state index is 13.2. The monoisotopic (exact) mass is 264 g/mol. The first-order valence-corrected chi connectivity index (χ1v) is 6.80. The molecule has 1 atom stereocenters. The zero-order chi connectivity index (χ0) is 13.1. The fourth-order valence-corrected chi connectivity index (χ4v) is 2.95. The third kappa shape index (κ3) is 2.94. The second kappa shape index (κ2) is 5.59. The summed E-state index contributed by atoms with van der Waals surface area (Å²) in [5, 5.41) is 1.07. The van der Waals surface area contributed by atoms with Crippen LogP contribution in [-0.2, 0) is 6.42 Å². The van der Waals surface area contributed by atoms with Crippen molar-refractivity contribution in [3.63, 3.8) is 0 Å². The molecule has 2 aromatic rings. The van der Waals surface area contributed by atoms with E-state index >= 15 is 0 Å². The summed E-state index contributed by atoms with van der Waals surface area (Å²) in [7, 11) is 0. The van der Waals surface area contributed by atoms with Crippen LogP contribution in [0.15, 0.2) is 24.3 Å². The first-order chi connectivity index (χ1) is 8.60. The van der Waals surface area contributed by atoms with Crippen molar-refractivity contribution >= 4 is 11.3 Å². The van der Waals surface area contributed by atoms with E-state index in [1.807, 2.05) is 13.0 Å². The van der Waals surface area contributed by atoms with E-state index in [2.05, 4.69) is 11.9 Å². The first-order valence-electron chi connectivity index (χ1n) is 5.98. The topological polar surface area (TPSA) is 38.9 Å². The SMILES string of the molecule is Cc1nc(CC(CN)c2cccc(F)c2)sc1C. The summed E-state index contributed by atoms with van der Waals surface area (Å²) in [5.41, 5.74) is 7.82. The van der Waals surface area contributed by atoms with Crippen molar-refractivity contribution in [3.8, 4) is 0 Å². The number of hydrogen-bond donors (Lipinski definition) is 1. The highest BCUT2D eigenvalue weighted by atomic mass is 32.1. The molecule has 1 unspecified atom stereocenters. The van der Waals surface area contributed by atoms with E-state index in [0.717, 1.165) is 22.7 Å². The molecular formula is C14H17FN2S. The highest BCUT2D eigenvalue weighted by molar-refractivity contribution is 7.11. The van der Waals surface area contributed by atoms with E-state index in [1.54, 1.807) is 23.5 Å². The maximum absolute atomic E-state index is 13.2. The molecule has 0 aliphatic heterocycles. The Morgan fingerprint density at radius 3 is 2.72 bits per heavy atom. The predicted molar refractivity (Wildman–Crippen MR) is 73.5 cm³/mol. The van der Waals surface area contributed by atoms with E-state index < -0.39 is 0 Å². The first kappa shape index (κ1) is 13.2. The van der Waals surface area contributed by atoms with Gasteiger partial charge in [-0.3, -0.25) is 0 Å². The standard InChI is InChI=1S/C14H17FN2S/c1-9-10(2)18-14(17-9)7-12(8-16)11-4-3-5-13(15)6-11/h3-6,12H,7-8,16H2,1-2H3. The van der Waals surface area contributed by atoms with Crippen molar-refractivity contribution in [1.29, 1.82) is 0 Å². The largest absolute Gasteiger partial charge is 0.330 e. The number of benzene rings is 1. The number of nitrogens with two attached hydrogens (primary N) is 1. The number of nitrogens with zero attached hydrogens (tertiary/aromatic N) is 1. The fourth-order valence-electron chi connectivity index (χ4n) is 1.94. The van der Waals surface area contributed by atoms with Crippen LogP contribution in [0, 0.1) is 19.7 Å². The zero-order valence-electron chi connectivity index (χ0n) is 10.6. The van der Waals surface area contributed by atoms with Crippen LogP contribution < -0.4 is 5.73 Å². The van der Waals surface area contributed by atoms with Gasteiger partial charge in [0, 0.05) is 17.2 Å². The minimum absolute atomic E-state index is 0.130. The summed E-state index contributed by atoms with van der Waals surface area (Å²) in [4.78, 5) is 5.75. The molecule has 0 spiro atoms. The van der Waals surface area contributed by atoms with E-state index in [1.165, 1.54) is 10.9 Å². The molecule has 2 rings (SSSR count). The summed E-state index contributed by atoms with van der Waals surface area (Å²) in [5.74, 6) is -0.0805. The Hall–Kier alpha value is -1.26. The van der Waals surface area contributed by atoms with Gasteiger partial charge >= 0.3 is 0 Å². The average Bonchev–Trinajstić information content (AvgIpc) is 2.65. The Morgan fingerprint density at radius 2 is 2.17 bits per heavy atom. The number of aryl methyl sites for hydroxylation is 2. The van der Waals surface area contributed by atoms with Crippen LogP contribution in [0.5, 0.6) is 0 Å². The van der Waals surface area contributed by atoms with Gasteiger partial charge in [-0.05, 0) is 38.1 Å². The Balaban J connectivity index is 2.19. The quantitative estimate of drug-likeness (QED) is 0.921. The second-order valence-corrected chi connectivity index (χ2v) is 5.73. The molecule has 0 radical (unpaired) electrons. The Bertz CT molecular complexity index is 517. The highest BCUT2D eigenvalue weighted by Crippen LogP contribution is 2.24. The molecule has 0 saturated heterocycles. The molecule has 0 fully saturated rings.